The molecule has 440 valence electrons. The van der Waals surface area contributed by atoms with E-state index in [0.29, 0.717) is 0 Å². The first-order valence-corrected chi connectivity index (χ1v) is 32.3. The number of anilines is 12. The van der Waals surface area contributed by atoms with E-state index in [1.165, 1.54) is 53.9 Å². The molecule has 0 aliphatic carbocycles. The minimum absolute atomic E-state index is 1.02. The van der Waals surface area contributed by atoms with Crippen molar-refractivity contribution in [2.45, 2.75) is 0 Å². The van der Waals surface area contributed by atoms with E-state index >= 15 is 0 Å². The van der Waals surface area contributed by atoms with Crippen LogP contribution in [-0.2, 0) is 0 Å². The molecule has 0 saturated carbocycles. The Morgan fingerprint density at radius 1 is 0.117 bits per heavy atom. The monoisotopic (exact) mass is 1200 g/mol. The Morgan fingerprint density at radius 2 is 0.362 bits per heavy atom. The predicted molar refractivity (Wildman–Crippen MR) is 403 cm³/mol. The molecule has 0 aromatic heterocycles. The standard InChI is InChI=1S/C90H60N4/c1-7-25-68-52-75(43-36-61(68)18-1)91(76-44-37-62-19-2-8-26-69(62)53-76)88-50-51-89(85-34-16-15-33-84(85)88)92(77-45-38-63-20-3-9-27-70(63)54-77)81-49-42-74-58-82(94(80-48-41-66-23-6-12-30-73(66)57-80)87-35-17-31-67-24-13-14-32-83(67)87)60-90(86(74)59-81)93(78-46-39-64-21-4-10-28-71(64)55-78)79-47-40-65-22-5-11-29-72(65)56-79/h1-60H. The SMILES string of the molecule is c1ccc2cc(N(c3cc(N(c4ccc5ccccc5c4)c4ccc5ccccc5c4)c4cc(N(c5ccc6ccccc6c5)c5ccc(N(c6ccc7ccccc7c6)c6ccc7ccccc7c6)c6ccccc56)ccc4c3)c3cccc4ccccc34)ccc2c1. The summed E-state index contributed by atoms with van der Waals surface area (Å²) in [7, 11) is 0. The lowest BCUT2D eigenvalue weighted by molar-refractivity contribution is 1.27. The molecule has 18 aromatic carbocycles. The topological polar surface area (TPSA) is 13.0 Å². The van der Waals surface area contributed by atoms with Gasteiger partial charge in [0.25, 0.3) is 0 Å². The van der Waals surface area contributed by atoms with Crippen LogP contribution in [0.4, 0.5) is 68.2 Å². The van der Waals surface area contributed by atoms with Crippen LogP contribution in [-0.4, -0.2) is 0 Å². The zero-order valence-corrected chi connectivity index (χ0v) is 51.4. The molecule has 4 nitrogen and oxygen atoms in total. The Balaban J connectivity index is 0.908. The number of nitrogens with zero attached hydrogens (tertiary/aromatic N) is 4. The van der Waals surface area contributed by atoms with Gasteiger partial charge in [-0.1, -0.05) is 249 Å². The molecule has 0 amide bonds. The molecular formula is C90H60N4. The molecule has 0 heterocycles. The first-order valence-electron chi connectivity index (χ1n) is 32.3. The van der Waals surface area contributed by atoms with E-state index in [0.717, 1.165) is 111 Å². The highest BCUT2D eigenvalue weighted by Crippen LogP contribution is 2.51. The maximum Gasteiger partial charge on any atom is 0.0561 e. The van der Waals surface area contributed by atoms with E-state index in [9.17, 15) is 0 Å². The summed E-state index contributed by atoms with van der Waals surface area (Å²) in [4.78, 5) is 9.90. The molecule has 0 bridgehead atoms. The molecule has 0 radical (unpaired) electrons. The average molecular weight is 1200 g/mol. The Morgan fingerprint density at radius 3 is 0.723 bits per heavy atom. The van der Waals surface area contributed by atoms with Crippen molar-refractivity contribution in [3.05, 3.63) is 364 Å². The van der Waals surface area contributed by atoms with Gasteiger partial charge >= 0.3 is 0 Å². The van der Waals surface area contributed by atoms with E-state index in [1.807, 2.05) is 0 Å². The summed E-state index contributed by atoms with van der Waals surface area (Å²) in [6.07, 6.45) is 0. The van der Waals surface area contributed by atoms with Crippen LogP contribution in [0.15, 0.2) is 364 Å². The van der Waals surface area contributed by atoms with Crippen LogP contribution >= 0.6 is 0 Å². The van der Waals surface area contributed by atoms with Crippen LogP contribution in [0.5, 0.6) is 0 Å². The summed E-state index contributed by atoms with van der Waals surface area (Å²) < 4.78 is 0. The van der Waals surface area contributed by atoms with Crippen LogP contribution < -0.4 is 19.6 Å². The molecule has 18 rings (SSSR count). The normalized spacial score (nSPS) is 11.6. The fourth-order valence-corrected chi connectivity index (χ4v) is 14.4. The molecule has 0 spiro atoms. The lowest BCUT2D eigenvalue weighted by Crippen LogP contribution is -2.15. The van der Waals surface area contributed by atoms with Crippen LogP contribution in [0.1, 0.15) is 0 Å². The quantitative estimate of drug-likeness (QED) is 0.121. The number of benzene rings is 18. The summed E-state index contributed by atoms with van der Waals surface area (Å²) in [5, 5.41) is 21.0. The highest BCUT2D eigenvalue weighted by Gasteiger charge is 2.26. The first-order chi connectivity index (χ1) is 46.6. The Bertz CT molecular complexity index is 5850. The molecule has 0 aliphatic heterocycles. The fraction of sp³-hybridized carbons (Fsp3) is 0. The third-order valence-electron chi connectivity index (χ3n) is 19.0. The van der Waals surface area contributed by atoms with Gasteiger partial charge in [-0.15, -0.1) is 0 Å². The zero-order chi connectivity index (χ0) is 62.1. The van der Waals surface area contributed by atoms with Crippen molar-refractivity contribution in [3.8, 4) is 0 Å². The number of fused-ring (bicyclic) bond motifs is 9. The Kier molecular flexibility index (Phi) is 13.2. The average Bonchev–Trinajstić information content (AvgIpc) is 0.753. The van der Waals surface area contributed by atoms with E-state index < -0.39 is 0 Å². The van der Waals surface area contributed by atoms with E-state index in [-0.39, 0.29) is 0 Å². The third kappa shape index (κ3) is 9.63. The largest absolute Gasteiger partial charge is 0.310 e. The summed E-state index contributed by atoms with van der Waals surface area (Å²) in [5.41, 5.74) is 12.7. The zero-order valence-electron chi connectivity index (χ0n) is 51.4. The van der Waals surface area contributed by atoms with Gasteiger partial charge < -0.3 is 19.6 Å². The second kappa shape index (κ2) is 22.8. The van der Waals surface area contributed by atoms with Gasteiger partial charge in [0, 0.05) is 67.0 Å². The van der Waals surface area contributed by atoms with Gasteiger partial charge in [0.2, 0.25) is 0 Å². The minimum atomic E-state index is 1.02. The Hall–Kier alpha value is -12.5. The van der Waals surface area contributed by atoms with Gasteiger partial charge in [0.15, 0.2) is 0 Å². The maximum atomic E-state index is 2.49. The van der Waals surface area contributed by atoms with Gasteiger partial charge in [0.1, 0.15) is 0 Å². The van der Waals surface area contributed by atoms with E-state index in [2.05, 4.69) is 384 Å². The van der Waals surface area contributed by atoms with Crippen molar-refractivity contribution in [1.29, 1.82) is 0 Å². The van der Waals surface area contributed by atoms with Crippen LogP contribution in [0.25, 0.3) is 97.0 Å². The molecule has 94 heavy (non-hydrogen) atoms. The van der Waals surface area contributed by atoms with Crippen molar-refractivity contribution in [3.63, 3.8) is 0 Å². The van der Waals surface area contributed by atoms with E-state index in [4.69, 9.17) is 0 Å². The van der Waals surface area contributed by atoms with Gasteiger partial charge in [0.05, 0.1) is 22.7 Å². The summed E-state index contributed by atoms with van der Waals surface area (Å²) in [6, 6.07) is 134. The molecule has 0 atom stereocenters. The fourth-order valence-electron chi connectivity index (χ4n) is 14.4. The predicted octanol–water partition coefficient (Wildman–Crippen LogP) is 25.9. The molecule has 0 aliphatic rings. The van der Waals surface area contributed by atoms with Crippen molar-refractivity contribution in [2.75, 3.05) is 19.6 Å². The number of hydrogen-bond donors (Lipinski definition) is 0. The molecule has 0 unspecified atom stereocenters. The second-order valence-corrected chi connectivity index (χ2v) is 24.5. The first kappa shape index (κ1) is 54.4. The van der Waals surface area contributed by atoms with Crippen molar-refractivity contribution < 1.29 is 0 Å². The third-order valence-corrected chi connectivity index (χ3v) is 19.0. The smallest absolute Gasteiger partial charge is 0.0561 e. The van der Waals surface area contributed by atoms with Gasteiger partial charge in [-0.2, -0.15) is 0 Å². The van der Waals surface area contributed by atoms with Crippen molar-refractivity contribution >= 4 is 165 Å². The van der Waals surface area contributed by atoms with Gasteiger partial charge in [-0.3, -0.25) is 0 Å². The van der Waals surface area contributed by atoms with E-state index in [1.54, 1.807) is 0 Å². The van der Waals surface area contributed by atoms with Crippen LogP contribution in [0.3, 0.4) is 0 Å². The summed E-state index contributed by atoms with van der Waals surface area (Å²) in [5.74, 6) is 0. The second-order valence-electron chi connectivity index (χ2n) is 24.5. The minimum Gasteiger partial charge on any atom is -0.310 e. The molecular weight excluding hydrogens is 1140 g/mol. The van der Waals surface area contributed by atoms with Gasteiger partial charge in [-0.25, -0.2) is 0 Å². The lowest BCUT2D eigenvalue weighted by atomic mass is 9.99. The molecule has 18 aromatic rings. The Labute approximate surface area is 545 Å². The maximum absolute atomic E-state index is 2.49. The highest BCUT2D eigenvalue weighted by molar-refractivity contribution is 6.12. The van der Waals surface area contributed by atoms with Crippen LogP contribution in [0.2, 0.25) is 0 Å². The number of hydrogen-bond acceptors (Lipinski definition) is 4. The molecule has 4 heteroatoms. The van der Waals surface area contributed by atoms with Gasteiger partial charge in [-0.05, 0) is 191 Å². The van der Waals surface area contributed by atoms with Crippen molar-refractivity contribution in [1.82, 2.24) is 0 Å². The van der Waals surface area contributed by atoms with Crippen molar-refractivity contribution in [2.24, 2.45) is 0 Å². The lowest BCUT2D eigenvalue weighted by Gasteiger charge is -2.33. The molecule has 0 N–H and O–H groups in total. The molecule has 0 saturated heterocycles. The highest BCUT2D eigenvalue weighted by atomic mass is 15.2. The number of rotatable bonds is 12. The summed E-state index contributed by atoms with van der Waals surface area (Å²) >= 11 is 0. The van der Waals surface area contributed by atoms with Crippen LogP contribution in [0, 0.1) is 0 Å². The molecule has 0 fully saturated rings. The summed E-state index contributed by atoms with van der Waals surface area (Å²) in [6.45, 7) is 0.